The molecule has 2 aliphatic heterocycles. The third-order valence-electron chi connectivity index (χ3n) is 6.03. The van der Waals surface area contributed by atoms with Gasteiger partial charge in [0.2, 0.25) is 11.9 Å². The fourth-order valence-electron chi connectivity index (χ4n) is 4.52. The Morgan fingerprint density at radius 2 is 1.84 bits per heavy atom. The summed E-state index contributed by atoms with van der Waals surface area (Å²) < 4.78 is 5.66. The number of nitrogens with zero attached hydrogens (tertiary/aromatic N) is 5. The number of carbonyl (C=O) groups is 1. The number of aryl methyl sites for hydroxylation is 1. The van der Waals surface area contributed by atoms with Gasteiger partial charge >= 0.3 is 0 Å². The molecule has 1 aromatic carbocycles. The Balaban J connectivity index is 1.58. The molecular formula is C22H31N7O2. The normalized spacial score (nSPS) is 17.6. The van der Waals surface area contributed by atoms with Gasteiger partial charge in [-0.2, -0.15) is 4.98 Å². The number of aromatic nitrogens is 3. The molecule has 2 saturated heterocycles. The second-order valence-corrected chi connectivity index (χ2v) is 8.19. The number of rotatable bonds is 6. The van der Waals surface area contributed by atoms with Crippen LogP contribution in [0, 0.1) is 6.92 Å². The van der Waals surface area contributed by atoms with E-state index >= 15 is 0 Å². The number of hydrogen-bond acceptors (Lipinski definition) is 8. The minimum absolute atomic E-state index is 0.111. The van der Waals surface area contributed by atoms with Crippen LogP contribution in [0.4, 0.5) is 23.0 Å². The van der Waals surface area contributed by atoms with E-state index in [0.29, 0.717) is 29.3 Å². The highest BCUT2D eigenvalue weighted by atomic mass is 16.5. The van der Waals surface area contributed by atoms with Crippen molar-refractivity contribution in [1.29, 1.82) is 0 Å². The minimum atomic E-state index is -0.111. The first-order valence-corrected chi connectivity index (χ1v) is 10.9. The number of piperidine rings is 1. The molecule has 1 aromatic heterocycles. The van der Waals surface area contributed by atoms with Crippen LogP contribution in [-0.4, -0.2) is 65.1 Å². The lowest BCUT2D eigenvalue weighted by Gasteiger charge is -2.38. The van der Waals surface area contributed by atoms with Gasteiger partial charge in [-0.05, 0) is 51.8 Å². The van der Waals surface area contributed by atoms with Crippen LogP contribution in [0.5, 0.6) is 5.75 Å². The quantitative estimate of drug-likeness (QED) is 0.729. The van der Waals surface area contributed by atoms with E-state index in [2.05, 4.69) is 35.4 Å². The van der Waals surface area contributed by atoms with E-state index in [1.54, 1.807) is 7.11 Å². The highest BCUT2D eigenvalue weighted by molar-refractivity contribution is 5.95. The van der Waals surface area contributed by atoms with E-state index in [1.807, 2.05) is 19.1 Å². The van der Waals surface area contributed by atoms with Gasteiger partial charge in [0, 0.05) is 32.1 Å². The smallest absolute Gasteiger partial charge is 0.230 e. The fraction of sp³-hybridized carbons (Fsp3) is 0.545. The molecule has 0 aliphatic carbocycles. The standard InChI is InChI=1S/C22H31N7O2/c1-15-23-14-24-22(25-15)27-19-12-18(26-16(2)30)20(13-21(19)31-3)29-10-6-17(7-11-29)28-8-4-5-9-28/h12-14,17H,4-11H2,1-3H3,(H,26,30)(H,23,24,25,27). The molecule has 9 nitrogen and oxygen atoms in total. The van der Waals surface area contributed by atoms with Crippen LogP contribution in [0.3, 0.4) is 0 Å². The van der Waals surface area contributed by atoms with Crippen LogP contribution in [0.2, 0.25) is 0 Å². The zero-order chi connectivity index (χ0) is 21.8. The molecule has 0 bridgehead atoms. The maximum Gasteiger partial charge on any atom is 0.230 e. The number of carbonyl (C=O) groups excluding carboxylic acids is 1. The number of methoxy groups -OCH3 is 1. The molecule has 0 saturated carbocycles. The number of nitrogens with one attached hydrogen (secondary N) is 2. The van der Waals surface area contributed by atoms with Crippen molar-refractivity contribution in [1.82, 2.24) is 19.9 Å². The number of ether oxygens (including phenoxy) is 1. The Bertz CT molecular complexity index is 922. The zero-order valence-electron chi connectivity index (χ0n) is 18.5. The van der Waals surface area contributed by atoms with Crippen LogP contribution >= 0.6 is 0 Å². The highest BCUT2D eigenvalue weighted by Crippen LogP contribution is 2.39. The van der Waals surface area contributed by atoms with Gasteiger partial charge in [0.1, 0.15) is 17.9 Å². The molecule has 166 valence electrons. The summed E-state index contributed by atoms with van der Waals surface area (Å²) in [5.41, 5.74) is 2.41. The maximum atomic E-state index is 11.9. The lowest BCUT2D eigenvalue weighted by atomic mass is 10.0. The molecule has 0 atom stereocenters. The lowest BCUT2D eigenvalue weighted by Crippen LogP contribution is -2.44. The predicted octanol–water partition coefficient (Wildman–Crippen LogP) is 2.96. The molecule has 31 heavy (non-hydrogen) atoms. The van der Waals surface area contributed by atoms with Gasteiger partial charge in [-0.25, -0.2) is 9.97 Å². The molecule has 0 spiro atoms. The van der Waals surface area contributed by atoms with Crippen molar-refractivity contribution >= 4 is 28.9 Å². The van der Waals surface area contributed by atoms with Crippen LogP contribution in [0.15, 0.2) is 18.5 Å². The van der Waals surface area contributed by atoms with Crippen molar-refractivity contribution in [3.05, 3.63) is 24.3 Å². The topological polar surface area (TPSA) is 95.5 Å². The van der Waals surface area contributed by atoms with Crippen molar-refractivity contribution in [3.63, 3.8) is 0 Å². The summed E-state index contributed by atoms with van der Waals surface area (Å²) in [6, 6.07) is 4.54. The summed E-state index contributed by atoms with van der Waals surface area (Å²) in [4.78, 5) is 29.4. The van der Waals surface area contributed by atoms with Crippen molar-refractivity contribution in [2.75, 3.05) is 48.8 Å². The number of anilines is 4. The van der Waals surface area contributed by atoms with E-state index in [0.717, 1.165) is 37.3 Å². The second kappa shape index (κ2) is 9.47. The maximum absolute atomic E-state index is 11.9. The molecule has 0 unspecified atom stereocenters. The van der Waals surface area contributed by atoms with Gasteiger partial charge in [-0.1, -0.05) is 0 Å². The first-order valence-electron chi connectivity index (χ1n) is 10.9. The molecule has 2 fully saturated rings. The summed E-state index contributed by atoms with van der Waals surface area (Å²) in [6.07, 6.45) is 6.36. The Hall–Kier alpha value is -2.94. The van der Waals surface area contributed by atoms with Gasteiger partial charge in [0.25, 0.3) is 0 Å². The summed E-state index contributed by atoms with van der Waals surface area (Å²) >= 11 is 0. The van der Waals surface area contributed by atoms with Crippen LogP contribution in [0.1, 0.15) is 38.4 Å². The van der Waals surface area contributed by atoms with E-state index in [1.165, 1.54) is 39.2 Å². The second-order valence-electron chi connectivity index (χ2n) is 8.19. The zero-order valence-corrected chi connectivity index (χ0v) is 18.5. The van der Waals surface area contributed by atoms with E-state index in [-0.39, 0.29) is 5.91 Å². The highest BCUT2D eigenvalue weighted by Gasteiger charge is 2.28. The predicted molar refractivity (Wildman–Crippen MR) is 121 cm³/mol. The van der Waals surface area contributed by atoms with Crippen LogP contribution < -0.4 is 20.3 Å². The molecule has 3 heterocycles. The number of likely N-dealkylation sites (tertiary alicyclic amines) is 1. The fourth-order valence-corrected chi connectivity index (χ4v) is 4.52. The van der Waals surface area contributed by atoms with E-state index < -0.39 is 0 Å². The molecule has 4 rings (SSSR count). The third kappa shape index (κ3) is 5.04. The largest absolute Gasteiger partial charge is 0.494 e. The number of amides is 1. The molecule has 2 aliphatic rings. The first-order chi connectivity index (χ1) is 15.0. The van der Waals surface area contributed by atoms with E-state index in [9.17, 15) is 4.79 Å². The summed E-state index contributed by atoms with van der Waals surface area (Å²) in [7, 11) is 1.64. The Morgan fingerprint density at radius 3 is 2.48 bits per heavy atom. The molecule has 2 N–H and O–H groups in total. The van der Waals surface area contributed by atoms with E-state index in [4.69, 9.17) is 4.74 Å². The summed E-state index contributed by atoms with van der Waals surface area (Å²) in [5.74, 6) is 1.61. The van der Waals surface area contributed by atoms with Gasteiger partial charge in [0.15, 0.2) is 0 Å². The van der Waals surface area contributed by atoms with Gasteiger partial charge in [-0.3, -0.25) is 4.79 Å². The van der Waals surface area contributed by atoms with Crippen molar-refractivity contribution < 1.29 is 9.53 Å². The first kappa shape index (κ1) is 21.3. The van der Waals surface area contributed by atoms with Gasteiger partial charge in [-0.15, -0.1) is 0 Å². The van der Waals surface area contributed by atoms with Gasteiger partial charge in [0.05, 0.1) is 24.2 Å². The minimum Gasteiger partial charge on any atom is -0.494 e. The number of hydrogen-bond donors (Lipinski definition) is 2. The van der Waals surface area contributed by atoms with Gasteiger partial charge < -0.3 is 25.2 Å². The Labute approximate surface area is 183 Å². The average Bonchev–Trinajstić information content (AvgIpc) is 3.29. The average molecular weight is 426 g/mol. The van der Waals surface area contributed by atoms with Crippen molar-refractivity contribution in [3.8, 4) is 5.75 Å². The van der Waals surface area contributed by atoms with Crippen LogP contribution in [-0.2, 0) is 4.79 Å². The van der Waals surface area contributed by atoms with Crippen LogP contribution in [0.25, 0.3) is 0 Å². The van der Waals surface area contributed by atoms with Crippen molar-refractivity contribution in [2.45, 2.75) is 45.6 Å². The number of benzene rings is 1. The Morgan fingerprint density at radius 1 is 1.10 bits per heavy atom. The molecular weight excluding hydrogens is 394 g/mol. The molecule has 0 radical (unpaired) electrons. The summed E-state index contributed by atoms with van der Waals surface area (Å²) in [5, 5.41) is 6.17. The monoisotopic (exact) mass is 425 g/mol. The summed E-state index contributed by atoms with van der Waals surface area (Å²) in [6.45, 7) is 7.70. The van der Waals surface area contributed by atoms with Crippen molar-refractivity contribution in [2.24, 2.45) is 0 Å². The molecule has 1 amide bonds. The molecule has 9 heteroatoms. The Kier molecular flexibility index (Phi) is 6.50. The SMILES string of the molecule is COc1cc(N2CCC(N3CCCC3)CC2)c(NC(C)=O)cc1Nc1ncnc(C)n1. The lowest BCUT2D eigenvalue weighted by molar-refractivity contribution is -0.114. The molecule has 2 aromatic rings. The third-order valence-corrected chi connectivity index (χ3v) is 6.03.